The minimum absolute atomic E-state index is 0.289. The van der Waals surface area contributed by atoms with E-state index in [-0.39, 0.29) is 5.91 Å². The highest BCUT2D eigenvalue weighted by atomic mass is 79.9. The molecule has 0 aromatic heterocycles. The second kappa shape index (κ2) is 10.1. The van der Waals surface area contributed by atoms with Gasteiger partial charge in [0.25, 0.3) is 0 Å². The van der Waals surface area contributed by atoms with Crippen molar-refractivity contribution in [2.45, 2.75) is 32.4 Å². The van der Waals surface area contributed by atoms with Gasteiger partial charge in [0.1, 0.15) is 12.4 Å². The summed E-state index contributed by atoms with van der Waals surface area (Å²) in [5, 5.41) is 4.17. The molecule has 2 aromatic carbocycles. The monoisotopic (exact) mass is 450 g/mol. The van der Waals surface area contributed by atoms with Crippen LogP contribution in [0.1, 0.15) is 30.4 Å². The predicted molar refractivity (Wildman–Crippen MR) is 112 cm³/mol. The number of carbonyl (C=O) groups excluding carboxylic acids is 1. The second-order valence-corrected chi connectivity index (χ2v) is 7.97. The molecule has 0 unspecified atom stereocenters. The lowest BCUT2D eigenvalue weighted by molar-refractivity contribution is -0.127. The van der Waals surface area contributed by atoms with Gasteiger partial charge in [0, 0.05) is 46.7 Å². The van der Waals surface area contributed by atoms with Crippen molar-refractivity contribution in [2.75, 3.05) is 19.6 Å². The topological polar surface area (TPSA) is 41.6 Å². The Balaban J connectivity index is 1.49. The van der Waals surface area contributed by atoms with E-state index in [2.05, 4.69) is 27.3 Å². The first kappa shape index (κ1) is 20.2. The Bertz CT molecular complexity index is 785. The molecule has 0 bridgehead atoms. The van der Waals surface area contributed by atoms with Crippen molar-refractivity contribution in [3.8, 4) is 5.75 Å². The average Bonchev–Trinajstić information content (AvgIpc) is 3.07. The molecular formula is C21H24BrClN2O2. The molecule has 1 saturated heterocycles. The Morgan fingerprint density at radius 2 is 2.04 bits per heavy atom. The smallest absolute Gasteiger partial charge is 0.222 e. The number of hydrogen-bond donors (Lipinski definition) is 1. The summed E-state index contributed by atoms with van der Waals surface area (Å²) in [6, 6.07) is 13.7. The first-order valence-corrected chi connectivity index (χ1v) is 10.4. The Morgan fingerprint density at radius 3 is 2.81 bits per heavy atom. The molecule has 1 fully saturated rings. The molecule has 27 heavy (non-hydrogen) atoms. The number of nitrogens with zero attached hydrogens (tertiary/aromatic N) is 1. The molecule has 1 aliphatic rings. The Hall–Kier alpha value is -1.56. The van der Waals surface area contributed by atoms with Gasteiger partial charge in [0.2, 0.25) is 5.91 Å². The van der Waals surface area contributed by atoms with E-state index >= 15 is 0 Å². The van der Waals surface area contributed by atoms with E-state index < -0.39 is 0 Å². The van der Waals surface area contributed by atoms with Gasteiger partial charge in [-0.15, -0.1) is 0 Å². The highest BCUT2D eigenvalue weighted by Crippen LogP contribution is 2.25. The number of benzene rings is 2. The van der Waals surface area contributed by atoms with Crippen LogP contribution in [-0.2, 0) is 17.9 Å². The molecule has 2 aromatic rings. The zero-order valence-electron chi connectivity index (χ0n) is 15.2. The average molecular weight is 452 g/mol. The van der Waals surface area contributed by atoms with Gasteiger partial charge in [-0.1, -0.05) is 45.7 Å². The van der Waals surface area contributed by atoms with Crippen molar-refractivity contribution >= 4 is 33.4 Å². The third-order valence-corrected chi connectivity index (χ3v) is 5.49. The zero-order chi connectivity index (χ0) is 19.1. The molecule has 0 aliphatic carbocycles. The minimum atomic E-state index is 0.289. The van der Waals surface area contributed by atoms with E-state index in [0.29, 0.717) is 24.6 Å². The molecule has 0 spiro atoms. The van der Waals surface area contributed by atoms with Gasteiger partial charge >= 0.3 is 0 Å². The van der Waals surface area contributed by atoms with Crippen LogP contribution >= 0.6 is 27.5 Å². The molecule has 1 amide bonds. The summed E-state index contributed by atoms with van der Waals surface area (Å²) in [6.07, 6.45) is 2.66. The fourth-order valence-electron chi connectivity index (χ4n) is 3.16. The number of likely N-dealkylation sites (tertiary alicyclic amines) is 1. The number of nitrogens with one attached hydrogen (secondary N) is 1. The minimum Gasteiger partial charge on any atom is -0.489 e. The van der Waals surface area contributed by atoms with Crippen LogP contribution in [0.4, 0.5) is 0 Å². The van der Waals surface area contributed by atoms with Crippen molar-refractivity contribution in [3.05, 3.63) is 63.1 Å². The van der Waals surface area contributed by atoms with E-state index in [0.717, 1.165) is 53.8 Å². The maximum Gasteiger partial charge on any atom is 0.222 e. The molecule has 1 heterocycles. The molecule has 0 saturated carbocycles. The highest BCUT2D eigenvalue weighted by molar-refractivity contribution is 9.10. The van der Waals surface area contributed by atoms with Gasteiger partial charge in [-0.2, -0.15) is 0 Å². The van der Waals surface area contributed by atoms with Gasteiger partial charge in [-0.3, -0.25) is 4.79 Å². The number of amides is 1. The summed E-state index contributed by atoms with van der Waals surface area (Å²) in [7, 11) is 0. The number of rotatable bonds is 9. The van der Waals surface area contributed by atoms with E-state index in [1.807, 2.05) is 41.3 Å². The lowest BCUT2D eigenvalue weighted by Crippen LogP contribution is -2.28. The van der Waals surface area contributed by atoms with Crippen LogP contribution in [-0.4, -0.2) is 30.4 Å². The molecule has 3 rings (SSSR count). The predicted octanol–water partition coefficient (Wildman–Crippen LogP) is 4.78. The number of carbonyl (C=O) groups is 1. The fourth-order valence-corrected chi connectivity index (χ4v) is 3.76. The van der Waals surface area contributed by atoms with Gasteiger partial charge < -0.3 is 15.0 Å². The standard InChI is InChI=1S/C21H24BrClN2O2/c22-18-8-9-20(27-15-16-5-1-2-6-19(16)23)17(13-18)14-24-10-4-12-25-11-3-7-21(25)26/h1-2,5-6,8-9,13,24H,3-4,7,10-12,14-15H2. The van der Waals surface area contributed by atoms with E-state index in [1.165, 1.54) is 0 Å². The molecule has 0 atom stereocenters. The van der Waals surface area contributed by atoms with Crippen LogP contribution in [0.5, 0.6) is 5.75 Å². The van der Waals surface area contributed by atoms with E-state index in [9.17, 15) is 4.79 Å². The summed E-state index contributed by atoms with van der Waals surface area (Å²) in [5.41, 5.74) is 2.06. The van der Waals surface area contributed by atoms with E-state index in [4.69, 9.17) is 16.3 Å². The second-order valence-electron chi connectivity index (χ2n) is 6.65. The van der Waals surface area contributed by atoms with Crippen LogP contribution in [0.3, 0.4) is 0 Å². The summed E-state index contributed by atoms with van der Waals surface area (Å²) in [4.78, 5) is 13.6. The Kier molecular flexibility index (Phi) is 7.56. The molecule has 6 heteroatoms. The molecule has 1 aliphatic heterocycles. The van der Waals surface area contributed by atoms with Gasteiger partial charge in [0.05, 0.1) is 0 Å². The van der Waals surface area contributed by atoms with Crippen LogP contribution in [0.2, 0.25) is 5.02 Å². The summed E-state index contributed by atoms with van der Waals surface area (Å²) < 4.78 is 7.03. The van der Waals surface area contributed by atoms with Crippen LogP contribution in [0.25, 0.3) is 0 Å². The number of hydrogen-bond acceptors (Lipinski definition) is 3. The molecule has 0 radical (unpaired) electrons. The third kappa shape index (κ3) is 5.96. The third-order valence-electron chi connectivity index (χ3n) is 4.63. The van der Waals surface area contributed by atoms with Crippen LogP contribution in [0.15, 0.2) is 46.9 Å². The molecule has 4 nitrogen and oxygen atoms in total. The summed E-state index contributed by atoms with van der Waals surface area (Å²) in [5.74, 6) is 1.14. The summed E-state index contributed by atoms with van der Waals surface area (Å²) in [6.45, 7) is 3.75. The van der Waals surface area contributed by atoms with Crippen molar-refractivity contribution in [3.63, 3.8) is 0 Å². The largest absolute Gasteiger partial charge is 0.489 e. The van der Waals surface area contributed by atoms with Gasteiger partial charge in [-0.25, -0.2) is 0 Å². The Labute approximate surface area is 174 Å². The zero-order valence-corrected chi connectivity index (χ0v) is 17.6. The van der Waals surface area contributed by atoms with Crippen molar-refractivity contribution in [1.82, 2.24) is 10.2 Å². The van der Waals surface area contributed by atoms with Crippen LogP contribution < -0.4 is 10.1 Å². The Morgan fingerprint density at radius 1 is 1.19 bits per heavy atom. The van der Waals surface area contributed by atoms with Gasteiger partial charge in [-0.05, 0) is 43.7 Å². The van der Waals surface area contributed by atoms with E-state index in [1.54, 1.807) is 0 Å². The van der Waals surface area contributed by atoms with Crippen molar-refractivity contribution in [1.29, 1.82) is 0 Å². The molecule has 1 N–H and O–H groups in total. The van der Waals surface area contributed by atoms with Crippen molar-refractivity contribution in [2.24, 2.45) is 0 Å². The van der Waals surface area contributed by atoms with Gasteiger partial charge in [0.15, 0.2) is 0 Å². The highest BCUT2D eigenvalue weighted by Gasteiger charge is 2.18. The quantitative estimate of drug-likeness (QED) is 0.558. The van der Waals surface area contributed by atoms with Crippen molar-refractivity contribution < 1.29 is 9.53 Å². The maximum atomic E-state index is 11.6. The maximum absolute atomic E-state index is 11.6. The first-order chi connectivity index (χ1) is 13.1. The molecule has 144 valence electrons. The lowest BCUT2D eigenvalue weighted by atomic mass is 10.2. The fraction of sp³-hybridized carbons (Fsp3) is 0.381. The van der Waals surface area contributed by atoms with Crippen LogP contribution in [0, 0.1) is 0 Å². The normalized spacial score (nSPS) is 14.0. The number of ether oxygens (including phenoxy) is 1. The lowest BCUT2D eigenvalue weighted by Gasteiger charge is -2.16. The first-order valence-electron chi connectivity index (χ1n) is 9.26. The SMILES string of the molecule is O=C1CCCN1CCCNCc1cc(Br)ccc1OCc1ccccc1Cl. The number of halogens is 2. The summed E-state index contributed by atoms with van der Waals surface area (Å²) >= 11 is 9.74. The molecular weight excluding hydrogens is 428 g/mol.